The molecule has 112 valence electrons. The second kappa shape index (κ2) is 7.06. The van der Waals surface area contributed by atoms with Gasteiger partial charge in [0.25, 0.3) is 0 Å². The predicted molar refractivity (Wildman–Crippen MR) is 75.8 cm³/mol. The van der Waals surface area contributed by atoms with Gasteiger partial charge in [-0.15, -0.1) is 0 Å². The van der Waals surface area contributed by atoms with E-state index in [0.717, 1.165) is 5.57 Å². The molecule has 0 fully saturated rings. The van der Waals surface area contributed by atoms with Crippen LogP contribution >= 0.6 is 0 Å². The van der Waals surface area contributed by atoms with Crippen molar-refractivity contribution in [1.29, 1.82) is 0 Å². The van der Waals surface area contributed by atoms with Crippen LogP contribution in [0.15, 0.2) is 11.6 Å². The van der Waals surface area contributed by atoms with Crippen molar-refractivity contribution in [3.63, 3.8) is 0 Å². The summed E-state index contributed by atoms with van der Waals surface area (Å²) in [7, 11) is 0. The van der Waals surface area contributed by atoms with Crippen LogP contribution in [0.3, 0.4) is 0 Å². The quantitative estimate of drug-likeness (QED) is 0.576. The predicted octanol–water partition coefficient (Wildman–Crippen LogP) is 2.58. The van der Waals surface area contributed by atoms with Gasteiger partial charge in [0.15, 0.2) is 0 Å². The minimum atomic E-state index is -1.09. The van der Waals surface area contributed by atoms with Gasteiger partial charge in [-0.05, 0) is 54.4 Å². The number of esters is 1. The van der Waals surface area contributed by atoms with Gasteiger partial charge in [-0.1, -0.05) is 11.6 Å². The van der Waals surface area contributed by atoms with Gasteiger partial charge >= 0.3 is 5.97 Å². The molecule has 0 aromatic rings. The Morgan fingerprint density at radius 1 is 1.26 bits per heavy atom. The summed E-state index contributed by atoms with van der Waals surface area (Å²) in [5.74, 6) is -0.255. The molecule has 19 heavy (non-hydrogen) atoms. The maximum Gasteiger partial charge on any atom is 0.310 e. The van der Waals surface area contributed by atoms with E-state index in [-0.39, 0.29) is 12.4 Å². The molecular formula is C15H28O4. The molecule has 4 heteroatoms. The topological polar surface area (TPSA) is 66.8 Å². The number of aliphatic hydroxyl groups is 2. The van der Waals surface area contributed by atoms with Crippen LogP contribution in [0.5, 0.6) is 0 Å². The Labute approximate surface area is 116 Å². The minimum Gasteiger partial charge on any atom is -0.460 e. The number of allylic oxidation sites excluding steroid dienone is 1. The summed E-state index contributed by atoms with van der Waals surface area (Å²) in [5, 5.41) is 19.3. The molecule has 0 heterocycles. The highest BCUT2D eigenvalue weighted by atomic mass is 16.6. The van der Waals surface area contributed by atoms with Gasteiger partial charge < -0.3 is 14.9 Å². The molecule has 0 aromatic heterocycles. The van der Waals surface area contributed by atoms with Crippen LogP contribution in [0.1, 0.15) is 60.8 Å². The lowest BCUT2D eigenvalue weighted by atomic mass is 9.96. The third-order valence-electron chi connectivity index (χ3n) is 2.66. The largest absolute Gasteiger partial charge is 0.460 e. The monoisotopic (exact) mass is 272 g/mol. The van der Waals surface area contributed by atoms with Crippen LogP contribution in [-0.4, -0.2) is 33.5 Å². The van der Waals surface area contributed by atoms with E-state index in [2.05, 4.69) is 0 Å². The number of hydrogen-bond acceptors (Lipinski definition) is 4. The third kappa shape index (κ3) is 9.68. The number of rotatable bonds is 6. The summed E-state index contributed by atoms with van der Waals surface area (Å²) in [6.07, 6.45) is 2.40. The van der Waals surface area contributed by atoms with Crippen molar-refractivity contribution in [2.45, 2.75) is 78.1 Å². The highest BCUT2D eigenvalue weighted by Crippen LogP contribution is 2.17. The summed E-state index contributed by atoms with van der Waals surface area (Å²) in [6.45, 7) is 10.6. The smallest absolute Gasteiger partial charge is 0.310 e. The molecule has 0 aromatic carbocycles. The lowest BCUT2D eigenvalue weighted by Crippen LogP contribution is -2.35. The zero-order valence-corrected chi connectivity index (χ0v) is 13.0. The first-order chi connectivity index (χ1) is 8.42. The van der Waals surface area contributed by atoms with E-state index in [4.69, 9.17) is 4.74 Å². The molecule has 0 unspecified atom stereocenters. The van der Waals surface area contributed by atoms with Crippen LogP contribution < -0.4 is 0 Å². The van der Waals surface area contributed by atoms with Crippen LogP contribution in [0.4, 0.5) is 0 Å². The molecular weight excluding hydrogens is 244 g/mol. The molecule has 4 nitrogen and oxygen atoms in total. The van der Waals surface area contributed by atoms with Gasteiger partial charge in [0.1, 0.15) is 5.60 Å². The number of aliphatic hydroxyl groups excluding tert-OH is 1. The molecule has 0 aliphatic rings. The van der Waals surface area contributed by atoms with Crippen molar-refractivity contribution < 1.29 is 19.7 Å². The molecule has 0 saturated carbocycles. The second-order valence-corrected chi connectivity index (χ2v) is 6.55. The van der Waals surface area contributed by atoms with E-state index in [1.54, 1.807) is 13.8 Å². The zero-order valence-electron chi connectivity index (χ0n) is 13.0. The zero-order chi connectivity index (χ0) is 15.3. The Kier molecular flexibility index (Phi) is 6.73. The molecule has 0 radical (unpaired) electrons. The van der Waals surface area contributed by atoms with Crippen molar-refractivity contribution in [3.05, 3.63) is 11.6 Å². The molecule has 0 saturated heterocycles. The van der Waals surface area contributed by atoms with E-state index in [1.807, 2.05) is 33.8 Å². The Balaban J connectivity index is 4.12. The minimum absolute atomic E-state index is 0.238. The molecule has 0 spiro atoms. The Hall–Kier alpha value is -0.870. The number of carbonyl (C=O) groups is 1. The maximum atomic E-state index is 11.5. The van der Waals surface area contributed by atoms with E-state index in [9.17, 15) is 15.0 Å². The maximum absolute atomic E-state index is 11.5. The van der Waals surface area contributed by atoms with Gasteiger partial charge in [-0.25, -0.2) is 0 Å². The molecule has 0 aliphatic heterocycles. The molecule has 0 amide bonds. The van der Waals surface area contributed by atoms with E-state index >= 15 is 0 Å². The molecule has 0 aliphatic carbocycles. The number of ether oxygens (including phenoxy) is 1. The lowest BCUT2D eigenvalue weighted by Gasteiger charge is -2.24. The van der Waals surface area contributed by atoms with Gasteiger partial charge in [0.2, 0.25) is 0 Å². The van der Waals surface area contributed by atoms with Crippen LogP contribution in [0.2, 0.25) is 0 Å². The summed E-state index contributed by atoms with van der Waals surface area (Å²) < 4.78 is 5.20. The van der Waals surface area contributed by atoms with Gasteiger partial charge in [0.05, 0.1) is 18.1 Å². The highest BCUT2D eigenvalue weighted by Gasteiger charge is 2.23. The highest BCUT2D eigenvalue weighted by molar-refractivity contribution is 5.71. The number of hydrogen-bond donors (Lipinski definition) is 2. The van der Waals surface area contributed by atoms with Gasteiger partial charge in [-0.2, -0.15) is 0 Å². The molecule has 0 rings (SSSR count). The summed E-state index contributed by atoms with van der Waals surface area (Å²) >= 11 is 0. The lowest BCUT2D eigenvalue weighted by molar-refractivity contribution is -0.153. The van der Waals surface area contributed by atoms with Gasteiger partial charge in [0, 0.05) is 0 Å². The average molecular weight is 272 g/mol. The van der Waals surface area contributed by atoms with Crippen LogP contribution in [0, 0.1) is 0 Å². The van der Waals surface area contributed by atoms with Gasteiger partial charge in [-0.3, -0.25) is 4.79 Å². The standard InChI is InChI=1S/C15H28O4/c1-11(7-9-12(16)15(5,6)18)8-10-13(17)19-14(2,3)4/h8,12,16,18H,7,9-10H2,1-6H3/b11-8+/t12-/m0/s1. The fraction of sp³-hybridized carbons (Fsp3) is 0.800. The Bertz CT molecular complexity index is 318. The molecule has 0 bridgehead atoms. The average Bonchev–Trinajstić information content (AvgIpc) is 2.19. The Morgan fingerprint density at radius 2 is 1.79 bits per heavy atom. The normalized spacial score (nSPS) is 15.3. The summed E-state index contributed by atoms with van der Waals surface area (Å²) in [6, 6.07) is 0. The molecule has 1 atom stereocenters. The fourth-order valence-electron chi connectivity index (χ4n) is 1.46. The summed E-state index contributed by atoms with van der Waals surface area (Å²) in [4.78, 5) is 11.5. The first-order valence-electron chi connectivity index (χ1n) is 6.70. The van der Waals surface area contributed by atoms with E-state index in [1.165, 1.54) is 0 Å². The van der Waals surface area contributed by atoms with E-state index in [0.29, 0.717) is 12.8 Å². The van der Waals surface area contributed by atoms with Crippen LogP contribution in [-0.2, 0) is 9.53 Å². The Morgan fingerprint density at radius 3 is 2.21 bits per heavy atom. The fourth-order valence-corrected chi connectivity index (χ4v) is 1.46. The third-order valence-corrected chi connectivity index (χ3v) is 2.66. The number of carbonyl (C=O) groups excluding carboxylic acids is 1. The SMILES string of the molecule is C/C(=C\CC(=O)OC(C)(C)C)CC[C@H](O)C(C)(C)O. The first kappa shape index (κ1) is 18.1. The van der Waals surface area contributed by atoms with Crippen molar-refractivity contribution in [2.24, 2.45) is 0 Å². The summed E-state index contributed by atoms with van der Waals surface area (Å²) in [5.41, 5.74) is -0.546. The second-order valence-electron chi connectivity index (χ2n) is 6.55. The first-order valence-corrected chi connectivity index (χ1v) is 6.70. The van der Waals surface area contributed by atoms with Crippen LogP contribution in [0.25, 0.3) is 0 Å². The molecule has 2 N–H and O–H groups in total. The van der Waals surface area contributed by atoms with Crippen molar-refractivity contribution in [2.75, 3.05) is 0 Å². The van der Waals surface area contributed by atoms with Crippen molar-refractivity contribution >= 4 is 5.97 Å². The van der Waals surface area contributed by atoms with E-state index < -0.39 is 17.3 Å². The van der Waals surface area contributed by atoms with Crippen molar-refractivity contribution in [3.8, 4) is 0 Å². The van der Waals surface area contributed by atoms with Crippen molar-refractivity contribution in [1.82, 2.24) is 0 Å².